The van der Waals surface area contributed by atoms with Gasteiger partial charge in [0.25, 0.3) is 10.1 Å². The highest BCUT2D eigenvalue weighted by atomic mass is 32.2. The van der Waals surface area contributed by atoms with Crippen LogP contribution in [-0.4, -0.2) is 25.5 Å². The van der Waals surface area contributed by atoms with Crippen molar-refractivity contribution in [3.05, 3.63) is 35.9 Å². The average molecular weight is 258 g/mol. The third kappa shape index (κ3) is 4.16. The van der Waals surface area contributed by atoms with Crippen molar-refractivity contribution in [3.8, 4) is 0 Å². The Morgan fingerprint density at radius 2 is 1.94 bits per heavy atom. The van der Waals surface area contributed by atoms with Crippen molar-refractivity contribution >= 4 is 16.1 Å². The van der Waals surface area contributed by atoms with Crippen LogP contribution in [0.3, 0.4) is 0 Å². The van der Waals surface area contributed by atoms with Crippen LogP contribution in [0.1, 0.15) is 24.2 Å². The van der Waals surface area contributed by atoms with Crippen LogP contribution in [-0.2, 0) is 19.6 Å². The van der Waals surface area contributed by atoms with Crippen LogP contribution in [0.2, 0.25) is 0 Å². The first-order valence-corrected chi connectivity index (χ1v) is 6.62. The molecule has 0 fully saturated rings. The Hall–Kier alpha value is -1.40. The lowest BCUT2D eigenvalue weighted by molar-refractivity contribution is -0.143. The molecule has 0 aliphatic carbocycles. The van der Waals surface area contributed by atoms with E-state index < -0.39 is 27.8 Å². The molecule has 0 radical (unpaired) electrons. The van der Waals surface area contributed by atoms with E-state index in [-0.39, 0.29) is 6.61 Å². The van der Waals surface area contributed by atoms with Crippen molar-refractivity contribution < 1.29 is 22.5 Å². The molecule has 1 aromatic carbocycles. The summed E-state index contributed by atoms with van der Waals surface area (Å²) in [5.74, 6) is -0.654. The molecular formula is C11H14O5S. The van der Waals surface area contributed by atoms with E-state index in [2.05, 4.69) is 4.74 Å². The fourth-order valence-electron chi connectivity index (χ4n) is 1.43. The molecule has 5 nitrogen and oxygen atoms in total. The summed E-state index contributed by atoms with van der Waals surface area (Å²) >= 11 is 0. The zero-order chi connectivity index (χ0) is 12.9. The van der Waals surface area contributed by atoms with Crippen LogP contribution >= 0.6 is 0 Å². The molecule has 0 aromatic heterocycles. The fourth-order valence-corrected chi connectivity index (χ4v) is 2.28. The van der Waals surface area contributed by atoms with Gasteiger partial charge in [-0.1, -0.05) is 30.3 Å². The molecule has 1 aromatic rings. The Labute approximate surface area is 100 Å². The number of hydrogen-bond donors (Lipinski definition) is 1. The van der Waals surface area contributed by atoms with Gasteiger partial charge in [-0.3, -0.25) is 9.35 Å². The van der Waals surface area contributed by atoms with Gasteiger partial charge in [-0.2, -0.15) is 8.42 Å². The maximum Gasteiger partial charge on any atom is 0.307 e. The monoisotopic (exact) mass is 258 g/mol. The largest absolute Gasteiger partial charge is 0.466 e. The maximum atomic E-state index is 11.3. The molecule has 0 saturated heterocycles. The Balaban J connectivity index is 2.95. The van der Waals surface area contributed by atoms with E-state index in [1.165, 1.54) is 12.1 Å². The number of rotatable bonds is 5. The second-order valence-corrected chi connectivity index (χ2v) is 5.02. The Morgan fingerprint density at radius 3 is 2.41 bits per heavy atom. The van der Waals surface area contributed by atoms with Gasteiger partial charge in [0, 0.05) is 0 Å². The molecule has 94 valence electrons. The molecule has 17 heavy (non-hydrogen) atoms. The van der Waals surface area contributed by atoms with Crippen LogP contribution < -0.4 is 0 Å². The summed E-state index contributed by atoms with van der Waals surface area (Å²) in [5, 5.41) is -1.28. The SMILES string of the molecule is CCOC(=O)C[C@H](c1ccccc1)S(=O)(=O)O. The van der Waals surface area contributed by atoms with Crippen LogP contribution in [0, 0.1) is 0 Å². The molecule has 0 heterocycles. The van der Waals surface area contributed by atoms with Gasteiger partial charge in [0.05, 0.1) is 13.0 Å². The number of ether oxygens (including phenoxy) is 1. The van der Waals surface area contributed by atoms with Crippen molar-refractivity contribution in [2.24, 2.45) is 0 Å². The molecule has 0 aliphatic rings. The second kappa shape index (κ2) is 5.79. The number of hydrogen-bond acceptors (Lipinski definition) is 4. The fraction of sp³-hybridized carbons (Fsp3) is 0.364. The first-order valence-electron chi connectivity index (χ1n) is 5.12. The van der Waals surface area contributed by atoms with Gasteiger partial charge in [0.15, 0.2) is 0 Å². The van der Waals surface area contributed by atoms with E-state index in [9.17, 15) is 13.2 Å². The minimum Gasteiger partial charge on any atom is -0.466 e. The smallest absolute Gasteiger partial charge is 0.307 e. The topological polar surface area (TPSA) is 80.7 Å². The summed E-state index contributed by atoms with van der Waals surface area (Å²) in [7, 11) is -4.33. The third-order valence-electron chi connectivity index (χ3n) is 2.19. The standard InChI is InChI=1S/C11H14O5S/c1-2-16-11(12)8-10(17(13,14)15)9-6-4-3-5-7-9/h3-7,10H,2,8H2,1H3,(H,13,14,15)/t10-/m1/s1. The Morgan fingerprint density at radius 1 is 1.35 bits per heavy atom. The molecule has 1 atom stereocenters. The highest BCUT2D eigenvalue weighted by Gasteiger charge is 2.28. The summed E-state index contributed by atoms with van der Waals surface area (Å²) in [6, 6.07) is 8.07. The highest BCUT2D eigenvalue weighted by molar-refractivity contribution is 7.86. The first-order chi connectivity index (χ1) is 7.95. The lowest BCUT2D eigenvalue weighted by atomic mass is 10.1. The molecule has 0 spiro atoms. The third-order valence-corrected chi connectivity index (χ3v) is 3.35. The van der Waals surface area contributed by atoms with Crippen LogP contribution in [0.25, 0.3) is 0 Å². The second-order valence-electron chi connectivity index (χ2n) is 3.42. The van der Waals surface area contributed by atoms with Gasteiger partial charge in [0.1, 0.15) is 5.25 Å². The average Bonchev–Trinajstić information content (AvgIpc) is 2.26. The molecule has 0 amide bonds. The van der Waals surface area contributed by atoms with Crippen molar-refractivity contribution in [1.82, 2.24) is 0 Å². The van der Waals surface area contributed by atoms with Gasteiger partial charge in [-0.25, -0.2) is 0 Å². The Bertz CT molecular complexity index is 466. The molecule has 0 saturated carbocycles. The predicted molar refractivity (Wildman–Crippen MR) is 62.0 cm³/mol. The highest BCUT2D eigenvalue weighted by Crippen LogP contribution is 2.25. The van der Waals surface area contributed by atoms with Crippen molar-refractivity contribution in [1.29, 1.82) is 0 Å². The van der Waals surface area contributed by atoms with Gasteiger partial charge in [-0.15, -0.1) is 0 Å². The molecular weight excluding hydrogens is 244 g/mol. The molecule has 1 N–H and O–H groups in total. The zero-order valence-corrected chi connectivity index (χ0v) is 10.2. The van der Waals surface area contributed by atoms with Gasteiger partial charge < -0.3 is 4.74 Å². The number of carbonyl (C=O) groups is 1. The normalized spacial score (nSPS) is 13.1. The van der Waals surface area contributed by atoms with E-state index in [4.69, 9.17) is 4.55 Å². The molecule has 6 heteroatoms. The summed E-state index contributed by atoms with van der Waals surface area (Å²) in [6.45, 7) is 1.80. The lowest BCUT2D eigenvalue weighted by Crippen LogP contribution is -2.18. The minimum atomic E-state index is -4.33. The number of benzene rings is 1. The van der Waals surface area contributed by atoms with Gasteiger partial charge in [0.2, 0.25) is 0 Å². The minimum absolute atomic E-state index is 0.172. The quantitative estimate of drug-likeness (QED) is 0.640. The Kier molecular flexibility index (Phi) is 4.65. The molecule has 1 rings (SSSR count). The van der Waals surface area contributed by atoms with E-state index >= 15 is 0 Å². The van der Waals surface area contributed by atoms with E-state index in [0.717, 1.165) is 0 Å². The maximum absolute atomic E-state index is 11.3. The van der Waals surface area contributed by atoms with Crippen LogP contribution in [0.15, 0.2) is 30.3 Å². The summed E-state index contributed by atoms with van der Waals surface area (Å²) in [4.78, 5) is 11.3. The first kappa shape index (κ1) is 13.7. The lowest BCUT2D eigenvalue weighted by Gasteiger charge is -2.13. The summed E-state index contributed by atoms with van der Waals surface area (Å²) in [5.41, 5.74) is 0.364. The molecule has 0 unspecified atom stereocenters. The van der Waals surface area contributed by atoms with Gasteiger partial charge >= 0.3 is 5.97 Å². The zero-order valence-electron chi connectivity index (χ0n) is 9.37. The van der Waals surface area contributed by atoms with Crippen LogP contribution in [0.5, 0.6) is 0 Å². The van der Waals surface area contributed by atoms with Crippen molar-refractivity contribution in [2.45, 2.75) is 18.6 Å². The predicted octanol–water partition coefficient (Wildman–Crippen LogP) is 1.57. The summed E-state index contributed by atoms with van der Waals surface area (Å²) in [6.07, 6.45) is -0.392. The number of carbonyl (C=O) groups excluding carboxylic acids is 1. The van der Waals surface area contributed by atoms with E-state index in [1.54, 1.807) is 25.1 Å². The van der Waals surface area contributed by atoms with Gasteiger partial charge in [-0.05, 0) is 12.5 Å². The summed E-state index contributed by atoms with van der Waals surface area (Å²) < 4.78 is 36.2. The number of esters is 1. The van der Waals surface area contributed by atoms with E-state index in [1.807, 2.05) is 0 Å². The van der Waals surface area contributed by atoms with Crippen molar-refractivity contribution in [2.75, 3.05) is 6.61 Å². The molecule has 0 aliphatic heterocycles. The molecule has 0 bridgehead atoms. The van der Waals surface area contributed by atoms with E-state index in [0.29, 0.717) is 5.56 Å². The van der Waals surface area contributed by atoms with Crippen LogP contribution in [0.4, 0.5) is 0 Å². The van der Waals surface area contributed by atoms with Crippen molar-refractivity contribution in [3.63, 3.8) is 0 Å².